The average molecular weight is 578 g/mol. The molecule has 0 unspecified atom stereocenters. The number of carbonyl (C=O) groups is 2. The Kier molecular flexibility index (Phi) is 7.06. The van der Waals surface area contributed by atoms with Crippen LogP contribution in [0.4, 0.5) is 9.59 Å². The smallest absolute Gasteiger partial charge is 0.419 e. The maximum absolute atomic E-state index is 12.9. The van der Waals surface area contributed by atoms with Crippen LogP contribution >= 0.6 is 0 Å². The fraction of sp³-hybridized carbons (Fsp3) is 0.645. The zero-order valence-electron chi connectivity index (χ0n) is 25.8. The van der Waals surface area contributed by atoms with Crippen molar-refractivity contribution >= 4 is 23.1 Å². The number of amides is 2. The Morgan fingerprint density at radius 1 is 0.929 bits per heavy atom. The average Bonchev–Trinajstić information content (AvgIpc) is 3.44. The largest absolute Gasteiger partial charge is 0.443 e. The second kappa shape index (κ2) is 10.4. The van der Waals surface area contributed by atoms with E-state index < -0.39 is 23.4 Å². The lowest BCUT2D eigenvalue weighted by molar-refractivity contribution is -0.00641. The Morgan fingerprint density at radius 3 is 2.12 bits per heavy atom. The number of pyridine rings is 1. The van der Waals surface area contributed by atoms with E-state index in [4.69, 9.17) is 24.7 Å². The van der Waals surface area contributed by atoms with Crippen molar-refractivity contribution < 1.29 is 19.1 Å². The van der Waals surface area contributed by atoms with Gasteiger partial charge in [-0.1, -0.05) is 0 Å². The number of imide groups is 1. The highest BCUT2D eigenvalue weighted by Gasteiger charge is 2.40. The monoisotopic (exact) mass is 577 g/mol. The van der Waals surface area contributed by atoms with Gasteiger partial charge in [-0.15, -0.1) is 0 Å². The van der Waals surface area contributed by atoms with Crippen molar-refractivity contribution in [2.75, 3.05) is 26.7 Å². The van der Waals surface area contributed by atoms with Crippen molar-refractivity contribution in [1.29, 1.82) is 0 Å². The van der Waals surface area contributed by atoms with Gasteiger partial charge in [-0.25, -0.2) is 14.5 Å². The number of carbonyl (C=O) groups excluding carboxylic acids is 2. The molecule has 11 heteroatoms. The lowest BCUT2D eigenvalue weighted by atomic mass is 9.80. The van der Waals surface area contributed by atoms with Crippen molar-refractivity contribution in [3.05, 3.63) is 30.4 Å². The Morgan fingerprint density at radius 2 is 1.55 bits per heavy atom. The van der Waals surface area contributed by atoms with Crippen LogP contribution in [0.3, 0.4) is 0 Å². The summed E-state index contributed by atoms with van der Waals surface area (Å²) in [6, 6.07) is 2.70. The highest BCUT2D eigenvalue weighted by Crippen LogP contribution is 2.46. The van der Waals surface area contributed by atoms with E-state index in [-0.39, 0.29) is 18.5 Å². The standard InChI is InChI=1S/C31H43N7O4/c1-30(2,3)41-28(39)36(29(40)42-31(4,5)6)14-19-10-22(11-19)38-18-24(27(34-38)20-8-9-20)26-12-25-21(13-32-26)15-37(33-25)23-16-35(7)17-23/h12-13,15,18-20,22-23H,8-11,14,16-17H2,1-7H3. The van der Waals surface area contributed by atoms with Crippen LogP contribution in [0.5, 0.6) is 0 Å². The van der Waals surface area contributed by atoms with Crippen LogP contribution in [0, 0.1) is 5.92 Å². The second-order valence-electron chi connectivity index (χ2n) is 14.4. The number of rotatable bonds is 6. The van der Waals surface area contributed by atoms with Gasteiger partial charge in [0.05, 0.1) is 29.0 Å². The van der Waals surface area contributed by atoms with Gasteiger partial charge in [-0.2, -0.15) is 10.2 Å². The summed E-state index contributed by atoms with van der Waals surface area (Å²) in [6.45, 7) is 13.0. The molecule has 42 heavy (non-hydrogen) atoms. The maximum Gasteiger partial charge on any atom is 0.419 e. The van der Waals surface area contributed by atoms with Crippen LogP contribution < -0.4 is 0 Å². The van der Waals surface area contributed by atoms with Gasteiger partial charge in [-0.05, 0) is 86.3 Å². The van der Waals surface area contributed by atoms with E-state index >= 15 is 0 Å². The maximum atomic E-state index is 12.9. The molecule has 2 saturated carbocycles. The third-order valence-electron chi connectivity index (χ3n) is 8.08. The molecule has 3 aliphatic rings. The molecule has 1 saturated heterocycles. The van der Waals surface area contributed by atoms with Gasteiger partial charge >= 0.3 is 12.2 Å². The van der Waals surface area contributed by atoms with E-state index in [9.17, 15) is 9.59 Å². The van der Waals surface area contributed by atoms with Gasteiger partial charge in [0, 0.05) is 55.1 Å². The Bertz CT molecular complexity index is 1450. The summed E-state index contributed by atoms with van der Waals surface area (Å²) in [5, 5.41) is 11.0. The molecule has 0 N–H and O–H groups in total. The van der Waals surface area contributed by atoms with Crippen LogP contribution in [-0.2, 0) is 9.47 Å². The normalized spacial score (nSPS) is 21.6. The van der Waals surface area contributed by atoms with Crippen molar-refractivity contribution in [1.82, 2.24) is 34.3 Å². The first kappa shape index (κ1) is 28.6. The molecule has 0 radical (unpaired) electrons. The highest BCUT2D eigenvalue weighted by atomic mass is 16.6. The van der Waals surface area contributed by atoms with Gasteiger partial charge < -0.3 is 14.4 Å². The van der Waals surface area contributed by atoms with Crippen molar-refractivity contribution in [3.8, 4) is 11.3 Å². The molecule has 3 fully saturated rings. The molecule has 226 valence electrons. The third-order valence-corrected chi connectivity index (χ3v) is 8.08. The Balaban J connectivity index is 1.16. The topological polar surface area (TPSA) is 108 Å². The molecule has 3 aromatic rings. The summed E-state index contributed by atoms with van der Waals surface area (Å²) in [6.07, 6.45) is 8.69. The SMILES string of the molecule is CN1CC(n2cc3cnc(-c4cn(C5CC(CN(C(=O)OC(C)(C)C)C(=O)OC(C)(C)C)C5)nc4C4CC4)cc3n2)C1. The molecule has 11 nitrogen and oxygen atoms in total. The van der Waals surface area contributed by atoms with Crippen molar-refractivity contribution in [2.24, 2.45) is 5.92 Å². The molecule has 2 amide bonds. The Hall–Kier alpha value is -3.47. The zero-order valence-corrected chi connectivity index (χ0v) is 25.8. The van der Waals surface area contributed by atoms with E-state index in [1.54, 1.807) is 41.5 Å². The lowest BCUT2D eigenvalue weighted by Gasteiger charge is -2.38. The molecule has 0 bridgehead atoms. The summed E-state index contributed by atoms with van der Waals surface area (Å²) in [7, 11) is 2.12. The Labute approximate surface area is 247 Å². The van der Waals surface area contributed by atoms with Crippen LogP contribution in [0.15, 0.2) is 24.7 Å². The zero-order chi connectivity index (χ0) is 30.0. The van der Waals surface area contributed by atoms with E-state index in [0.717, 1.165) is 71.5 Å². The molecule has 0 atom stereocenters. The number of nitrogens with zero attached hydrogens (tertiary/aromatic N) is 7. The molecule has 4 heterocycles. The lowest BCUT2D eigenvalue weighted by Crippen LogP contribution is -2.47. The molecular weight excluding hydrogens is 534 g/mol. The van der Waals surface area contributed by atoms with Crippen LogP contribution in [-0.4, -0.2) is 84.4 Å². The number of hydrogen-bond donors (Lipinski definition) is 0. The summed E-state index contributed by atoms with van der Waals surface area (Å²) >= 11 is 0. The third kappa shape index (κ3) is 6.16. The summed E-state index contributed by atoms with van der Waals surface area (Å²) in [4.78, 5) is 34.1. The second-order valence-corrected chi connectivity index (χ2v) is 14.4. The van der Waals surface area contributed by atoms with Gasteiger partial charge in [0.15, 0.2) is 0 Å². The summed E-state index contributed by atoms with van der Waals surface area (Å²) in [5.74, 6) is 0.601. The molecule has 6 rings (SSSR count). The van der Waals surface area contributed by atoms with Crippen LogP contribution in [0.25, 0.3) is 22.2 Å². The molecule has 0 aromatic carbocycles. The predicted octanol–water partition coefficient (Wildman–Crippen LogP) is 5.78. The summed E-state index contributed by atoms with van der Waals surface area (Å²) < 4.78 is 15.2. The number of ether oxygens (including phenoxy) is 2. The molecule has 0 spiro atoms. The number of hydrogen-bond acceptors (Lipinski definition) is 8. The van der Waals surface area contributed by atoms with Crippen molar-refractivity contribution in [2.45, 2.75) is 96.4 Å². The minimum atomic E-state index is -0.715. The van der Waals surface area contributed by atoms with E-state index in [0.29, 0.717) is 12.0 Å². The molecule has 2 aliphatic carbocycles. The van der Waals surface area contributed by atoms with Gasteiger partial charge in [0.1, 0.15) is 11.2 Å². The fourth-order valence-electron chi connectivity index (χ4n) is 5.73. The highest BCUT2D eigenvalue weighted by molar-refractivity contribution is 5.88. The number of aromatic nitrogens is 5. The minimum Gasteiger partial charge on any atom is -0.443 e. The quantitative estimate of drug-likeness (QED) is 0.363. The first-order chi connectivity index (χ1) is 19.7. The van der Waals surface area contributed by atoms with E-state index in [2.05, 4.69) is 39.8 Å². The predicted molar refractivity (Wildman–Crippen MR) is 158 cm³/mol. The number of fused-ring (bicyclic) bond motifs is 1. The minimum absolute atomic E-state index is 0.135. The van der Waals surface area contributed by atoms with Crippen LogP contribution in [0.2, 0.25) is 0 Å². The molecule has 1 aliphatic heterocycles. The van der Waals surface area contributed by atoms with Crippen LogP contribution in [0.1, 0.15) is 90.9 Å². The van der Waals surface area contributed by atoms with Crippen molar-refractivity contribution in [3.63, 3.8) is 0 Å². The van der Waals surface area contributed by atoms with Gasteiger partial charge in [0.25, 0.3) is 0 Å². The first-order valence-corrected chi connectivity index (χ1v) is 15.1. The number of likely N-dealkylation sites (tertiary alicyclic amines) is 1. The number of likely N-dealkylation sites (N-methyl/N-ethyl adjacent to an activating group) is 1. The van der Waals surface area contributed by atoms with E-state index in [1.807, 2.05) is 6.20 Å². The van der Waals surface area contributed by atoms with Gasteiger partial charge in [0.2, 0.25) is 0 Å². The first-order valence-electron chi connectivity index (χ1n) is 15.1. The molecule has 3 aromatic heterocycles. The van der Waals surface area contributed by atoms with E-state index in [1.165, 1.54) is 0 Å². The van der Waals surface area contributed by atoms with Gasteiger partial charge in [-0.3, -0.25) is 14.3 Å². The summed E-state index contributed by atoms with van der Waals surface area (Å²) in [5.41, 5.74) is 2.61. The fourth-order valence-corrected chi connectivity index (χ4v) is 5.73. The molecular formula is C31H43N7O4.